The van der Waals surface area contributed by atoms with Crippen LogP contribution >= 0.6 is 27.7 Å². The van der Waals surface area contributed by atoms with Gasteiger partial charge in [0.1, 0.15) is 5.03 Å². The lowest BCUT2D eigenvalue weighted by Gasteiger charge is -2.10. The number of halogens is 1. The molecule has 0 saturated carbocycles. The summed E-state index contributed by atoms with van der Waals surface area (Å²) in [5.41, 5.74) is 1.04. The average Bonchev–Trinajstić information content (AvgIpc) is 2.64. The van der Waals surface area contributed by atoms with Gasteiger partial charge in [0.25, 0.3) is 5.91 Å². The molecule has 1 aromatic heterocycles. The summed E-state index contributed by atoms with van der Waals surface area (Å²) in [6.07, 6.45) is 2.85. The minimum absolute atomic E-state index is 0.206. The minimum Gasteiger partial charge on any atom is -0.322 e. The summed E-state index contributed by atoms with van der Waals surface area (Å²) in [4.78, 5) is 18.0. The number of nitrogens with zero attached hydrogens (tertiary/aromatic N) is 1. The third-order valence-electron chi connectivity index (χ3n) is 3.59. The van der Waals surface area contributed by atoms with Gasteiger partial charge in [0, 0.05) is 27.5 Å². The number of aromatic nitrogens is 1. The second kappa shape index (κ2) is 8.24. The van der Waals surface area contributed by atoms with E-state index in [0.717, 1.165) is 20.6 Å². The number of rotatable bonds is 5. The monoisotopic (exact) mass is 462 g/mol. The van der Waals surface area contributed by atoms with Crippen LogP contribution < -0.4 is 5.32 Å². The minimum atomic E-state index is -3.27. The molecule has 0 atom stereocenters. The first-order valence-electron chi connectivity index (χ1n) is 7.83. The van der Waals surface area contributed by atoms with Gasteiger partial charge in [0.15, 0.2) is 9.84 Å². The van der Waals surface area contributed by atoms with Crippen molar-refractivity contribution >= 4 is 49.1 Å². The normalized spacial score (nSPS) is 11.2. The zero-order valence-corrected chi connectivity index (χ0v) is 17.4. The van der Waals surface area contributed by atoms with E-state index in [9.17, 15) is 13.2 Å². The Labute approximate surface area is 170 Å². The van der Waals surface area contributed by atoms with Crippen LogP contribution in [0.15, 0.2) is 86.2 Å². The summed E-state index contributed by atoms with van der Waals surface area (Å²) in [6.45, 7) is 0. The number of pyridine rings is 1. The van der Waals surface area contributed by atoms with Crippen molar-refractivity contribution in [2.75, 3.05) is 11.6 Å². The van der Waals surface area contributed by atoms with E-state index >= 15 is 0 Å². The number of amides is 1. The van der Waals surface area contributed by atoms with Crippen LogP contribution in [0.5, 0.6) is 0 Å². The van der Waals surface area contributed by atoms with Crippen LogP contribution in [-0.2, 0) is 9.84 Å². The van der Waals surface area contributed by atoms with E-state index in [0.29, 0.717) is 11.3 Å². The Morgan fingerprint density at radius 3 is 2.37 bits per heavy atom. The van der Waals surface area contributed by atoms with E-state index < -0.39 is 9.84 Å². The van der Waals surface area contributed by atoms with E-state index in [-0.39, 0.29) is 10.8 Å². The fourth-order valence-electron chi connectivity index (χ4n) is 2.26. The highest BCUT2D eigenvalue weighted by Gasteiger charge is 2.13. The number of carbonyl (C=O) groups excluding carboxylic acids is 1. The Balaban J connectivity index is 1.80. The van der Waals surface area contributed by atoms with Crippen molar-refractivity contribution in [3.05, 3.63) is 76.9 Å². The van der Waals surface area contributed by atoms with Crippen LogP contribution in [0.1, 0.15) is 10.4 Å². The molecule has 0 unspecified atom stereocenters. The Morgan fingerprint density at radius 1 is 1.04 bits per heavy atom. The second-order valence-electron chi connectivity index (χ2n) is 5.66. The molecule has 2 aromatic carbocycles. The Bertz CT molecular complexity index is 1070. The molecule has 0 fully saturated rings. The topological polar surface area (TPSA) is 76.1 Å². The van der Waals surface area contributed by atoms with E-state index in [1.807, 2.05) is 24.3 Å². The highest BCUT2D eigenvalue weighted by molar-refractivity contribution is 9.10. The van der Waals surface area contributed by atoms with Crippen LogP contribution in [-0.4, -0.2) is 25.6 Å². The standard InChI is InChI=1S/C19H15BrN2O3S2/c1-27(24,25)15-9-7-14(8-10-15)22-19(23)16-4-2-3-5-17(16)26-18-11-6-13(20)12-21-18/h2-12H,1H3,(H,22,23). The molecule has 8 heteroatoms. The van der Waals surface area contributed by atoms with E-state index in [2.05, 4.69) is 26.2 Å². The molecular weight excluding hydrogens is 448 g/mol. The molecule has 1 N–H and O–H groups in total. The lowest BCUT2D eigenvalue weighted by molar-refractivity contribution is 0.102. The van der Waals surface area contributed by atoms with Crippen molar-refractivity contribution in [3.8, 4) is 0 Å². The number of anilines is 1. The van der Waals surface area contributed by atoms with Gasteiger partial charge in [-0.25, -0.2) is 13.4 Å². The van der Waals surface area contributed by atoms with Crippen molar-refractivity contribution in [2.24, 2.45) is 0 Å². The van der Waals surface area contributed by atoms with E-state index in [4.69, 9.17) is 0 Å². The number of nitrogens with one attached hydrogen (secondary N) is 1. The first-order chi connectivity index (χ1) is 12.8. The van der Waals surface area contributed by atoms with Gasteiger partial charge in [-0.05, 0) is 64.5 Å². The molecular formula is C19H15BrN2O3S2. The SMILES string of the molecule is CS(=O)(=O)c1ccc(NC(=O)c2ccccc2Sc2ccc(Br)cn2)cc1. The van der Waals surface area contributed by atoms with Crippen LogP contribution in [0.3, 0.4) is 0 Å². The average molecular weight is 463 g/mol. The molecule has 0 aliphatic rings. The molecule has 0 saturated heterocycles. The van der Waals surface area contributed by atoms with Gasteiger partial charge in [-0.1, -0.05) is 23.9 Å². The van der Waals surface area contributed by atoms with Gasteiger partial charge in [-0.15, -0.1) is 0 Å². The molecule has 0 bridgehead atoms. The quantitative estimate of drug-likeness (QED) is 0.596. The lowest BCUT2D eigenvalue weighted by Crippen LogP contribution is -2.13. The first kappa shape index (κ1) is 19.6. The molecule has 5 nitrogen and oxygen atoms in total. The van der Waals surface area contributed by atoms with Gasteiger partial charge < -0.3 is 5.32 Å². The van der Waals surface area contributed by atoms with Gasteiger partial charge in [-0.2, -0.15) is 0 Å². The molecule has 138 valence electrons. The number of sulfone groups is 1. The molecule has 1 amide bonds. The van der Waals surface area contributed by atoms with Crippen molar-refractivity contribution in [1.82, 2.24) is 4.98 Å². The van der Waals surface area contributed by atoms with Gasteiger partial charge in [-0.3, -0.25) is 4.79 Å². The Kier molecular flexibility index (Phi) is 5.98. The summed E-state index contributed by atoms with van der Waals surface area (Å²) in [6, 6.07) is 17.1. The third kappa shape index (κ3) is 5.18. The maximum atomic E-state index is 12.7. The van der Waals surface area contributed by atoms with E-state index in [1.165, 1.54) is 23.9 Å². The van der Waals surface area contributed by atoms with Crippen LogP contribution in [0.25, 0.3) is 0 Å². The van der Waals surface area contributed by atoms with Gasteiger partial charge in [0.2, 0.25) is 0 Å². The third-order valence-corrected chi connectivity index (χ3v) is 6.21. The molecule has 0 radical (unpaired) electrons. The van der Waals surface area contributed by atoms with Crippen molar-refractivity contribution in [3.63, 3.8) is 0 Å². The highest BCUT2D eigenvalue weighted by Crippen LogP contribution is 2.30. The molecule has 27 heavy (non-hydrogen) atoms. The van der Waals surface area contributed by atoms with Crippen molar-refractivity contribution < 1.29 is 13.2 Å². The van der Waals surface area contributed by atoms with Crippen LogP contribution in [0, 0.1) is 0 Å². The zero-order valence-electron chi connectivity index (χ0n) is 14.2. The second-order valence-corrected chi connectivity index (χ2v) is 9.66. The molecule has 0 spiro atoms. The highest BCUT2D eigenvalue weighted by atomic mass is 79.9. The van der Waals surface area contributed by atoms with Gasteiger partial charge in [0.05, 0.1) is 10.5 Å². The van der Waals surface area contributed by atoms with Crippen molar-refractivity contribution in [1.29, 1.82) is 0 Å². The van der Waals surface area contributed by atoms with Crippen molar-refractivity contribution in [2.45, 2.75) is 14.8 Å². The maximum Gasteiger partial charge on any atom is 0.256 e. The summed E-state index contributed by atoms with van der Waals surface area (Å²) in [5.74, 6) is -0.276. The molecule has 3 rings (SSSR count). The van der Waals surface area contributed by atoms with Crippen LogP contribution in [0.2, 0.25) is 0 Å². The summed E-state index contributed by atoms with van der Waals surface area (Å²) in [7, 11) is -3.27. The molecule has 1 heterocycles. The number of hydrogen-bond acceptors (Lipinski definition) is 5. The van der Waals surface area contributed by atoms with Gasteiger partial charge >= 0.3 is 0 Å². The zero-order chi connectivity index (χ0) is 19.4. The largest absolute Gasteiger partial charge is 0.322 e. The van der Waals surface area contributed by atoms with E-state index in [1.54, 1.807) is 30.5 Å². The Hall–Kier alpha value is -2.16. The number of carbonyl (C=O) groups is 1. The van der Waals surface area contributed by atoms with Crippen LogP contribution in [0.4, 0.5) is 5.69 Å². The predicted octanol–water partition coefficient (Wildman–Crippen LogP) is 4.65. The molecule has 3 aromatic rings. The fraction of sp³-hybridized carbons (Fsp3) is 0.0526. The summed E-state index contributed by atoms with van der Waals surface area (Å²) in [5, 5.41) is 3.57. The predicted molar refractivity (Wildman–Crippen MR) is 110 cm³/mol. The lowest BCUT2D eigenvalue weighted by atomic mass is 10.2. The smallest absolute Gasteiger partial charge is 0.256 e. The fourth-order valence-corrected chi connectivity index (χ4v) is 4.01. The number of benzene rings is 2. The molecule has 0 aliphatic carbocycles. The summed E-state index contributed by atoms with van der Waals surface area (Å²) >= 11 is 4.74. The Morgan fingerprint density at radius 2 is 1.74 bits per heavy atom. The first-order valence-corrected chi connectivity index (χ1v) is 11.3. The molecule has 0 aliphatic heterocycles. The summed E-state index contributed by atoms with van der Waals surface area (Å²) < 4.78 is 23.9. The maximum absolute atomic E-state index is 12.7. The number of hydrogen-bond donors (Lipinski definition) is 1.